The van der Waals surface area contributed by atoms with Gasteiger partial charge in [-0.25, -0.2) is 4.98 Å². The van der Waals surface area contributed by atoms with E-state index < -0.39 is 6.36 Å². The first-order chi connectivity index (χ1) is 13.8. The lowest BCUT2D eigenvalue weighted by atomic mass is 10.3. The van der Waals surface area contributed by atoms with Gasteiger partial charge in [0.25, 0.3) is 0 Å². The molecule has 0 spiro atoms. The number of alkyl halides is 3. The molecule has 0 radical (unpaired) electrons. The Hall–Kier alpha value is -2.57. The molecule has 0 fully saturated rings. The molecule has 0 aliphatic carbocycles. The number of pyridine rings is 1. The Morgan fingerprint density at radius 3 is 2.66 bits per heavy atom. The zero-order valence-electron chi connectivity index (χ0n) is 14.2. The van der Waals surface area contributed by atoms with Crippen LogP contribution in [0.15, 0.2) is 46.9 Å². The van der Waals surface area contributed by atoms with E-state index in [4.69, 9.17) is 11.6 Å². The van der Waals surface area contributed by atoms with E-state index in [-0.39, 0.29) is 22.6 Å². The van der Waals surface area contributed by atoms with Gasteiger partial charge < -0.3 is 15.4 Å². The van der Waals surface area contributed by atoms with Gasteiger partial charge in [-0.1, -0.05) is 34.7 Å². The predicted octanol–water partition coefficient (Wildman–Crippen LogP) is 4.96. The van der Waals surface area contributed by atoms with Gasteiger partial charge in [-0.3, -0.25) is 4.79 Å². The van der Waals surface area contributed by atoms with Gasteiger partial charge >= 0.3 is 6.36 Å². The van der Waals surface area contributed by atoms with Crippen LogP contribution in [0.25, 0.3) is 0 Å². The fourth-order valence-corrected chi connectivity index (χ4v) is 3.71. The van der Waals surface area contributed by atoms with Crippen molar-refractivity contribution < 1.29 is 22.7 Å². The molecule has 1 aromatic carbocycles. The largest absolute Gasteiger partial charge is 0.573 e. The third-order valence-corrected chi connectivity index (χ3v) is 5.38. The Balaban J connectivity index is 1.50. The minimum Gasteiger partial charge on any atom is -0.406 e. The summed E-state index contributed by atoms with van der Waals surface area (Å²) in [5, 5.41) is 14.1. The van der Waals surface area contributed by atoms with Crippen molar-refractivity contribution in [3.63, 3.8) is 0 Å². The molecule has 2 N–H and O–H groups in total. The average Bonchev–Trinajstić information content (AvgIpc) is 3.10. The van der Waals surface area contributed by atoms with Gasteiger partial charge in [0.15, 0.2) is 9.49 Å². The maximum absolute atomic E-state index is 12.2. The minimum atomic E-state index is -4.74. The Labute approximate surface area is 175 Å². The van der Waals surface area contributed by atoms with Crippen LogP contribution in [0.1, 0.15) is 0 Å². The second-order valence-electron chi connectivity index (χ2n) is 5.25. The molecule has 0 bridgehead atoms. The maximum atomic E-state index is 12.2. The maximum Gasteiger partial charge on any atom is 0.573 e. The number of hydrogen-bond acceptors (Lipinski definition) is 8. The highest BCUT2D eigenvalue weighted by Crippen LogP contribution is 2.29. The molecule has 13 heteroatoms. The normalized spacial score (nSPS) is 11.2. The number of carbonyl (C=O) groups is 1. The number of nitrogens with one attached hydrogen (secondary N) is 2. The third kappa shape index (κ3) is 6.76. The zero-order valence-corrected chi connectivity index (χ0v) is 16.6. The molecule has 2 aromatic heterocycles. The van der Waals surface area contributed by atoms with Gasteiger partial charge in [0.05, 0.1) is 11.4 Å². The monoisotopic (exact) mass is 461 g/mol. The van der Waals surface area contributed by atoms with E-state index in [1.54, 1.807) is 12.1 Å². The number of amides is 1. The van der Waals surface area contributed by atoms with Crippen molar-refractivity contribution in [1.82, 2.24) is 15.2 Å². The molecule has 3 rings (SSSR count). The predicted molar refractivity (Wildman–Crippen MR) is 105 cm³/mol. The average molecular weight is 462 g/mol. The van der Waals surface area contributed by atoms with Crippen LogP contribution in [0, 0.1) is 0 Å². The summed E-state index contributed by atoms with van der Waals surface area (Å²) in [6, 6.07) is 8.48. The third-order valence-electron chi connectivity index (χ3n) is 3.11. The summed E-state index contributed by atoms with van der Waals surface area (Å²) < 4.78 is 40.9. The SMILES string of the molecule is O=C(CSc1nnc(Nc2ccc(OC(F)(F)F)cc2)s1)Nc1cccnc1Cl. The molecule has 0 atom stereocenters. The quantitative estimate of drug-likeness (QED) is 0.379. The first-order valence-electron chi connectivity index (χ1n) is 7.78. The number of ether oxygens (including phenoxy) is 1. The molecule has 7 nitrogen and oxygen atoms in total. The first kappa shape index (κ1) is 21.1. The summed E-state index contributed by atoms with van der Waals surface area (Å²) in [4.78, 5) is 15.9. The Morgan fingerprint density at radius 1 is 1.21 bits per heavy atom. The van der Waals surface area contributed by atoms with Gasteiger partial charge in [-0.05, 0) is 36.4 Å². The van der Waals surface area contributed by atoms with Gasteiger partial charge in [-0.2, -0.15) is 0 Å². The van der Waals surface area contributed by atoms with Crippen LogP contribution in [0.5, 0.6) is 5.75 Å². The Kier molecular flexibility index (Phi) is 6.77. The van der Waals surface area contributed by atoms with E-state index in [1.165, 1.54) is 53.6 Å². The van der Waals surface area contributed by atoms with Crippen LogP contribution in [0.3, 0.4) is 0 Å². The van der Waals surface area contributed by atoms with Crippen LogP contribution in [0.4, 0.5) is 29.7 Å². The highest BCUT2D eigenvalue weighted by Gasteiger charge is 2.30. The Morgan fingerprint density at radius 2 is 1.97 bits per heavy atom. The minimum absolute atomic E-state index is 0.0866. The molecule has 0 saturated heterocycles. The number of hydrogen-bond donors (Lipinski definition) is 2. The number of anilines is 3. The lowest BCUT2D eigenvalue weighted by molar-refractivity contribution is -0.274. The van der Waals surface area contributed by atoms with Gasteiger partial charge in [0.1, 0.15) is 5.75 Å². The summed E-state index contributed by atoms with van der Waals surface area (Å²) in [7, 11) is 0. The van der Waals surface area contributed by atoms with Crippen LogP contribution < -0.4 is 15.4 Å². The van der Waals surface area contributed by atoms with Crippen LogP contribution in [0.2, 0.25) is 5.15 Å². The molecular formula is C16H11ClF3N5O2S2. The first-order valence-corrected chi connectivity index (χ1v) is 9.96. The molecule has 0 unspecified atom stereocenters. The van der Waals surface area contributed by atoms with Crippen molar-refractivity contribution in [2.24, 2.45) is 0 Å². The summed E-state index contributed by atoms with van der Waals surface area (Å²) in [5.41, 5.74) is 0.925. The number of nitrogens with zero attached hydrogens (tertiary/aromatic N) is 3. The lowest BCUT2D eigenvalue weighted by Crippen LogP contribution is -2.16. The van der Waals surface area contributed by atoms with E-state index in [9.17, 15) is 18.0 Å². The molecule has 152 valence electrons. The molecule has 1 amide bonds. The van der Waals surface area contributed by atoms with Gasteiger partial charge in [0.2, 0.25) is 11.0 Å². The van der Waals surface area contributed by atoms with Gasteiger partial charge in [-0.15, -0.1) is 23.4 Å². The van der Waals surface area contributed by atoms with E-state index in [1.807, 2.05) is 0 Å². The smallest absolute Gasteiger partial charge is 0.406 e. The second-order valence-corrected chi connectivity index (χ2v) is 7.81. The molecule has 29 heavy (non-hydrogen) atoms. The molecule has 3 aromatic rings. The highest BCUT2D eigenvalue weighted by atomic mass is 35.5. The van der Waals surface area contributed by atoms with Gasteiger partial charge in [0, 0.05) is 11.9 Å². The number of carbonyl (C=O) groups excluding carboxylic acids is 1. The fraction of sp³-hybridized carbons (Fsp3) is 0.125. The van der Waals surface area contributed by atoms with E-state index >= 15 is 0 Å². The summed E-state index contributed by atoms with van der Waals surface area (Å²) in [6.45, 7) is 0. The van der Waals surface area contributed by atoms with E-state index in [0.717, 1.165) is 0 Å². The number of rotatable bonds is 7. The molecular weight excluding hydrogens is 451 g/mol. The topological polar surface area (TPSA) is 89.0 Å². The fourth-order valence-electron chi connectivity index (χ4n) is 1.97. The summed E-state index contributed by atoms with van der Waals surface area (Å²) in [6.07, 6.45) is -3.23. The number of benzene rings is 1. The lowest BCUT2D eigenvalue weighted by Gasteiger charge is -2.09. The van der Waals surface area contributed by atoms with E-state index in [0.29, 0.717) is 20.8 Å². The van der Waals surface area contributed by atoms with Crippen molar-refractivity contribution >= 4 is 57.1 Å². The Bertz CT molecular complexity index is 985. The standard InChI is InChI=1S/C16H11ClF3N5O2S2/c17-13-11(2-1-7-21-13)23-12(26)8-28-15-25-24-14(29-15)22-9-3-5-10(6-4-9)27-16(18,19)20/h1-7H,8H2,(H,22,24)(H,23,26). The molecule has 0 aliphatic heterocycles. The molecule has 0 saturated carbocycles. The van der Waals surface area contributed by atoms with Crippen molar-refractivity contribution in [3.05, 3.63) is 47.7 Å². The number of halogens is 4. The zero-order chi connectivity index (χ0) is 20.9. The van der Waals surface area contributed by atoms with Crippen molar-refractivity contribution in [1.29, 1.82) is 0 Å². The van der Waals surface area contributed by atoms with E-state index in [2.05, 4.69) is 30.6 Å². The highest BCUT2D eigenvalue weighted by molar-refractivity contribution is 8.01. The van der Waals surface area contributed by atoms with Crippen molar-refractivity contribution in [3.8, 4) is 5.75 Å². The van der Waals surface area contributed by atoms with Crippen molar-refractivity contribution in [2.45, 2.75) is 10.7 Å². The van der Waals surface area contributed by atoms with Crippen LogP contribution >= 0.6 is 34.7 Å². The van der Waals surface area contributed by atoms with Crippen molar-refractivity contribution in [2.75, 3.05) is 16.4 Å². The van der Waals surface area contributed by atoms with Crippen LogP contribution in [-0.4, -0.2) is 33.2 Å². The molecule has 0 aliphatic rings. The van der Waals surface area contributed by atoms with Crippen LogP contribution in [-0.2, 0) is 4.79 Å². The number of thioether (sulfide) groups is 1. The second kappa shape index (κ2) is 9.29. The summed E-state index contributed by atoms with van der Waals surface area (Å²) >= 11 is 8.25. The molecule has 2 heterocycles. The number of aromatic nitrogens is 3. The summed E-state index contributed by atoms with van der Waals surface area (Å²) in [5.74, 6) is -0.519.